The lowest BCUT2D eigenvalue weighted by molar-refractivity contribution is 0.660. The van der Waals surface area contributed by atoms with E-state index >= 15 is 0 Å². The first-order valence-electron chi connectivity index (χ1n) is 20.6. The Hall–Kier alpha value is -6.70. The van der Waals surface area contributed by atoms with Crippen LogP contribution in [0.2, 0.25) is 0 Å². The monoisotopic (exact) mass is 743 g/mol. The van der Waals surface area contributed by atoms with Crippen LogP contribution >= 0.6 is 0 Å². The van der Waals surface area contributed by atoms with Gasteiger partial charge in [-0.05, 0) is 138 Å². The van der Waals surface area contributed by atoms with Crippen molar-refractivity contribution in [1.29, 1.82) is 0 Å². The lowest BCUT2D eigenvalue weighted by atomic mass is 9.82. The molecule has 0 aromatic heterocycles. The average molecular weight is 744 g/mol. The molecule has 0 aliphatic heterocycles. The van der Waals surface area contributed by atoms with E-state index in [9.17, 15) is 0 Å². The third-order valence-corrected chi connectivity index (χ3v) is 13.3. The van der Waals surface area contributed by atoms with Gasteiger partial charge in [-0.15, -0.1) is 0 Å². The predicted octanol–water partition coefficient (Wildman–Crippen LogP) is 15.7. The van der Waals surface area contributed by atoms with Crippen molar-refractivity contribution in [2.45, 2.75) is 45.4 Å². The van der Waals surface area contributed by atoms with Gasteiger partial charge in [0, 0.05) is 27.8 Å². The van der Waals surface area contributed by atoms with Gasteiger partial charge >= 0.3 is 0 Å². The summed E-state index contributed by atoms with van der Waals surface area (Å²) in [7, 11) is 0. The summed E-state index contributed by atoms with van der Waals surface area (Å²) in [6.07, 6.45) is 0. The zero-order valence-corrected chi connectivity index (χ0v) is 33.8. The van der Waals surface area contributed by atoms with Gasteiger partial charge in [0.2, 0.25) is 0 Å². The highest BCUT2D eigenvalue weighted by molar-refractivity contribution is 6.04. The number of anilines is 3. The molecule has 278 valence electrons. The van der Waals surface area contributed by atoms with Gasteiger partial charge in [0.15, 0.2) is 0 Å². The third kappa shape index (κ3) is 5.09. The van der Waals surface area contributed by atoms with Gasteiger partial charge in [-0.1, -0.05) is 167 Å². The maximum absolute atomic E-state index is 2.56. The summed E-state index contributed by atoms with van der Waals surface area (Å²) in [4.78, 5) is 2.56. The van der Waals surface area contributed by atoms with Crippen molar-refractivity contribution in [3.63, 3.8) is 0 Å². The first-order chi connectivity index (χ1) is 28.2. The lowest BCUT2D eigenvalue weighted by Crippen LogP contribution is -2.18. The molecule has 0 amide bonds. The Morgan fingerprint density at radius 3 is 1.52 bits per heavy atom. The van der Waals surface area contributed by atoms with Gasteiger partial charge in [-0.2, -0.15) is 0 Å². The molecule has 0 unspecified atom stereocenters. The number of hydrogen-bond acceptors (Lipinski definition) is 1. The summed E-state index contributed by atoms with van der Waals surface area (Å²) in [6.45, 7) is 11.8. The van der Waals surface area contributed by atoms with Crippen molar-refractivity contribution in [1.82, 2.24) is 0 Å². The molecule has 58 heavy (non-hydrogen) atoms. The van der Waals surface area contributed by atoms with Crippen LogP contribution in [0.25, 0.3) is 66.1 Å². The second-order valence-electron chi connectivity index (χ2n) is 17.4. The molecule has 0 radical (unpaired) electrons. The lowest BCUT2D eigenvalue weighted by Gasteiger charge is -2.33. The van der Waals surface area contributed by atoms with Gasteiger partial charge < -0.3 is 4.90 Å². The van der Waals surface area contributed by atoms with Crippen LogP contribution in [-0.4, -0.2) is 0 Å². The number of aryl methyl sites for hydroxylation is 1. The maximum Gasteiger partial charge on any atom is 0.0569 e. The zero-order valence-electron chi connectivity index (χ0n) is 33.8. The number of fused-ring (bicyclic) bond motifs is 8. The quantitative estimate of drug-likeness (QED) is 0.170. The van der Waals surface area contributed by atoms with E-state index in [1.54, 1.807) is 0 Å². The van der Waals surface area contributed by atoms with E-state index in [0.717, 1.165) is 11.4 Å². The van der Waals surface area contributed by atoms with E-state index in [4.69, 9.17) is 0 Å². The molecule has 9 aromatic carbocycles. The Morgan fingerprint density at radius 1 is 0.345 bits per heavy atom. The van der Waals surface area contributed by atoms with E-state index in [1.807, 2.05) is 0 Å². The Kier molecular flexibility index (Phi) is 7.53. The molecule has 0 saturated carbocycles. The minimum atomic E-state index is -0.136. The van der Waals surface area contributed by atoms with Crippen LogP contribution in [0.3, 0.4) is 0 Å². The van der Waals surface area contributed by atoms with Crippen LogP contribution < -0.4 is 4.90 Å². The molecule has 0 fully saturated rings. The van der Waals surface area contributed by atoms with Crippen molar-refractivity contribution < 1.29 is 0 Å². The highest BCUT2D eigenvalue weighted by atomic mass is 15.1. The summed E-state index contributed by atoms with van der Waals surface area (Å²) in [6, 6.07) is 68.3. The Bertz CT molecular complexity index is 3030. The highest BCUT2D eigenvalue weighted by Gasteiger charge is 2.38. The molecule has 1 nitrogen and oxygen atoms in total. The molecule has 1 heteroatoms. The average Bonchev–Trinajstić information content (AvgIpc) is 3.63. The van der Waals surface area contributed by atoms with E-state index in [-0.39, 0.29) is 10.8 Å². The SMILES string of the molecule is Cc1cc(-c2ccc3ccccc3c2)cc(-c2cccc3ccccc23)c1N(c1ccc2c(c1)C(C)(C)c1ccccc1-2)c1ccc2c(c1)C(C)(C)c1ccccc1-2. The van der Waals surface area contributed by atoms with Crippen LogP contribution in [0.4, 0.5) is 17.1 Å². The van der Waals surface area contributed by atoms with Crippen LogP contribution in [-0.2, 0) is 10.8 Å². The molecule has 0 heterocycles. The fourth-order valence-corrected chi connectivity index (χ4v) is 10.3. The van der Waals surface area contributed by atoms with Crippen molar-refractivity contribution in [3.8, 4) is 44.5 Å². The van der Waals surface area contributed by atoms with Crippen LogP contribution in [0, 0.1) is 6.92 Å². The standard InChI is InChI=1S/C57H45N/c1-36-31-41(40-26-25-37-15-6-7-17-39(37)32-40)33-50(45-22-14-18-38-16-8-9-19-44(38)45)55(36)58(42-27-29-48-46-20-10-12-23-51(46)56(2,3)53(48)34-42)43-28-30-49-47-21-11-13-24-52(47)57(4,5)54(49)35-43/h6-35H,1-5H3. The van der Waals surface area contributed by atoms with E-state index in [2.05, 4.69) is 222 Å². The highest BCUT2D eigenvalue weighted by Crippen LogP contribution is 2.54. The molecule has 2 aliphatic carbocycles. The summed E-state index contributed by atoms with van der Waals surface area (Å²) in [5.41, 5.74) is 20.2. The van der Waals surface area contributed by atoms with Crippen molar-refractivity contribution in [3.05, 3.63) is 210 Å². The largest absolute Gasteiger partial charge is 0.310 e. The third-order valence-electron chi connectivity index (χ3n) is 13.3. The summed E-state index contributed by atoms with van der Waals surface area (Å²) < 4.78 is 0. The molecule has 0 bridgehead atoms. The molecular formula is C57H45N. The number of rotatable bonds is 5. The van der Waals surface area contributed by atoms with Crippen LogP contribution in [0.5, 0.6) is 0 Å². The normalized spacial score (nSPS) is 14.2. The van der Waals surface area contributed by atoms with Crippen molar-refractivity contribution in [2.24, 2.45) is 0 Å². The van der Waals surface area contributed by atoms with Gasteiger partial charge in [0.25, 0.3) is 0 Å². The maximum atomic E-state index is 2.56. The molecule has 2 aliphatic rings. The molecule has 11 rings (SSSR count). The van der Waals surface area contributed by atoms with E-state index in [1.165, 1.54) is 99.6 Å². The van der Waals surface area contributed by atoms with Gasteiger partial charge in [-0.3, -0.25) is 0 Å². The number of benzene rings is 9. The number of hydrogen-bond donors (Lipinski definition) is 0. The second-order valence-corrected chi connectivity index (χ2v) is 17.4. The van der Waals surface area contributed by atoms with Gasteiger partial charge in [0.05, 0.1) is 5.69 Å². The minimum absolute atomic E-state index is 0.136. The first kappa shape index (κ1) is 34.5. The molecular weight excluding hydrogens is 699 g/mol. The summed E-state index contributed by atoms with van der Waals surface area (Å²) in [5, 5.41) is 4.99. The predicted molar refractivity (Wildman–Crippen MR) is 247 cm³/mol. The summed E-state index contributed by atoms with van der Waals surface area (Å²) >= 11 is 0. The Balaban J connectivity index is 1.20. The molecule has 9 aromatic rings. The fraction of sp³-hybridized carbons (Fsp3) is 0.123. The smallest absolute Gasteiger partial charge is 0.0569 e. The Labute approximate surface area is 341 Å². The molecule has 0 atom stereocenters. The van der Waals surface area contributed by atoms with Crippen molar-refractivity contribution >= 4 is 38.6 Å². The fourth-order valence-electron chi connectivity index (χ4n) is 10.3. The minimum Gasteiger partial charge on any atom is -0.310 e. The zero-order chi connectivity index (χ0) is 39.3. The van der Waals surface area contributed by atoms with Crippen molar-refractivity contribution in [2.75, 3.05) is 4.90 Å². The molecule has 0 N–H and O–H groups in total. The molecule has 0 spiro atoms. The summed E-state index contributed by atoms with van der Waals surface area (Å²) in [5.74, 6) is 0. The number of nitrogens with zero attached hydrogens (tertiary/aromatic N) is 1. The van der Waals surface area contributed by atoms with E-state index < -0.39 is 0 Å². The van der Waals surface area contributed by atoms with E-state index in [0.29, 0.717) is 0 Å². The van der Waals surface area contributed by atoms with Crippen LogP contribution in [0.1, 0.15) is 55.5 Å². The van der Waals surface area contributed by atoms with Crippen LogP contribution in [0.15, 0.2) is 182 Å². The second kappa shape index (κ2) is 12.7. The topological polar surface area (TPSA) is 3.24 Å². The first-order valence-corrected chi connectivity index (χ1v) is 20.6. The molecule has 0 saturated heterocycles. The van der Waals surface area contributed by atoms with Gasteiger partial charge in [-0.25, -0.2) is 0 Å². The van der Waals surface area contributed by atoms with Gasteiger partial charge in [0.1, 0.15) is 0 Å². The Morgan fingerprint density at radius 2 is 0.862 bits per heavy atom.